The van der Waals surface area contributed by atoms with Crippen molar-refractivity contribution in [2.24, 2.45) is 4.99 Å². The maximum Gasteiger partial charge on any atom is 0.190 e. The van der Waals surface area contributed by atoms with Crippen LogP contribution in [0.15, 0.2) is 52.2 Å². The predicted octanol–water partition coefficient (Wildman–Crippen LogP) is 4.30. The molecule has 0 bridgehead atoms. The Balaban J connectivity index is 2.05. The molecule has 0 aliphatic heterocycles. The lowest BCUT2D eigenvalue weighted by Gasteiger charge is -2.06. The normalized spacial score (nSPS) is 12.0. The van der Waals surface area contributed by atoms with Gasteiger partial charge in [-0.1, -0.05) is 6.07 Å². The highest BCUT2D eigenvalue weighted by Gasteiger charge is 2.08. The van der Waals surface area contributed by atoms with Crippen molar-refractivity contribution in [2.45, 2.75) is 6.54 Å². The number of halogens is 1. The molecule has 0 amide bonds. The van der Waals surface area contributed by atoms with E-state index in [0.717, 1.165) is 22.7 Å². The maximum atomic E-state index is 13.0. The van der Waals surface area contributed by atoms with Gasteiger partial charge in [0.05, 0.1) is 22.9 Å². The van der Waals surface area contributed by atoms with Crippen molar-refractivity contribution < 1.29 is 9.13 Å². The number of hydrogen-bond donors (Lipinski definition) is 0. The molecule has 22 heavy (non-hydrogen) atoms. The van der Waals surface area contributed by atoms with E-state index in [-0.39, 0.29) is 5.82 Å². The van der Waals surface area contributed by atoms with Crippen LogP contribution in [0.2, 0.25) is 0 Å². The number of nitrogens with zero attached hydrogens (tertiary/aromatic N) is 2. The topological polar surface area (TPSA) is 26.5 Å². The van der Waals surface area contributed by atoms with Crippen LogP contribution in [-0.2, 0) is 11.3 Å². The first-order chi connectivity index (χ1) is 10.8. The van der Waals surface area contributed by atoms with Crippen molar-refractivity contribution in [1.29, 1.82) is 0 Å². The van der Waals surface area contributed by atoms with E-state index in [1.54, 1.807) is 41.9 Å². The van der Waals surface area contributed by atoms with E-state index in [2.05, 4.69) is 26.4 Å². The molecule has 0 fully saturated rings. The lowest BCUT2D eigenvalue weighted by Crippen LogP contribution is -2.18. The van der Waals surface area contributed by atoms with Gasteiger partial charge in [-0.15, -0.1) is 22.7 Å². The second-order valence-corrected chi connectivity index (χ2v) is 6.40. The van der Waals surface area contributed by atoms with E-state index in [1.165, 1.54) is 17.0 Å². The van der Waals surface area contributed by atoms with Crippen molar-refractivity contribution in [3.05, 3.63) is 57.8 Å². The minimum Gasteiger partial charge on any atom is -0.383 e. The first kappa shape index (κ1) is 15.1. The molecule has 0 unspecified atom stereocenters. The van der Waals surface area contributed by atoms with Crippen LogP contribution in [0.3, 0.4) is 0 Å². The van der Waals surface area contributed by atoms with Gasteiger partial charge in [-0.25, -0.2) is 9.38 Å². The third-order valence-electron chi connectivity index (χ3n) is 3.14. The van der Waals surface area contributed by atoms with Crippen molar-refractivity contribution >= 4 is 28.4 Å². The molecule has 0 aliphatic carbocycles. The van der Waals surface area contributed by atoms with E-state index < -0.39 is 0 Å². The first-order valence-corrected chi connectivity index (χ1v) is 8.55. The zero-order valence-electron chi connectivity index (χ0n) is 12.0. The Bertz CT molecular complexity index is 788. The van der Waals surface area contributed by atoms with Gasteiger partial charge in [0, 0.05) is 19.0 Å². The zero-order valence-corrected chi connectivity index (χ0v) is 13.7. The summed E-state index contributed by atoms with van der Waals surface area (Å²) >= 11 is 3.28. The van der Waals surface area contributed by atoms with Crippen LogP contribution in [0.4, 0.5) is 10.1 Å². The van der Waals surface area contributed by atoms with Gasteiger partial charge in [0.1, 0.15) is 5.82 Å². The molecule has 2 heterocycles. The molecule has 0 saturated carbocycles. The van der Waals surface area contributed by atoms with Crippen molar-refractivity contribution in [3.8, 4) is 10.6 Å². The molecule has 3 rings (SSSR count). The van der Waals surface area contributed by atoms with Crippen LogP contribution < -0.4 is 4.80 Å². The van der Waals surface area contributed by atoms with E-state index in [4.69, 9.17) is 4.74 Å². The molecule has 2 aromatic heterocycles. The van der Waals surface area contributed by atoms with Gasteiger partial charge in [-0.05, 0) is 35.7 Å². The second kappa shape index (κ2) is 7.00. The van der Waals surface area contributed by atoms with E-state index in [9.17, 15) is 4.39 Å². The van der Waals surface area contributed by atoms with Gasteiger partial charge in [-0.3, -0.25) is 0 Å². The lowest BCUT2D eigenvalue weighted by molar-refractivity contribution is 0.187. The Morgan fingerprint density at radius 1 is 1.18 bits per heavy atom. The van der Waals surface area contributed by atoms with Crippen molar-refractivity contribution in [1.82, 2.24) is 4.57 Å². The van der Waals surface area contributed by atoms with Gasteiger partial charge < -0.3 is 9.30 Å². The molecule has 3 aromatic rings. The van der Waals surface area contributed by atoms with E-state index in [1.807, 2.05) is 6.07 Å². The molecule has 0 N–H and O–H groups in total. The summed E-state index contributed by atoms with van der Waals surface area (Å²) in [5.41, 5.74) is 1.88. The molecule has 0 radical (unpaired) electrons. The van der Waals surface area contributed by atoms with Gasteiger partial charge in [0.25, 0.3) is 0 Å². The smallest absolute Gasteiger partial charge is 0.190 e. The largest absolute Gasteiger partial charge is 0.383 e. The number of rotatable bonds is 5. The zero-order chi connectivity index (χ0) is 15.4. The van der Waals surface area contributed by atoms with Gasteiger partial charge in [-0.2, -0.15) is 0 Å². The Labute approximate surface area is 136 Å². The molecule has 3 nitrogen and oxygen atoms in total. The quantitative estimate of drug-likeness (QED) is 0.683. The summed E-state index contributed by atoms with van der Waals surface area (Å²) < 4.78 is 20.3. The molecule has 1 aromatic carbocycles. The summed E-state index contributed by atoms with van der Waals surface area (Å²) in [7, 11) is 1.69. The number of thiophene rings is 1. The number of aromatic nitrogens is 1. The van der Waals surface area contributed by atoms with Crippen LogP contribution in [0.1, 0.15) is 0 Å². The van der Waals surface area contributed by atoms with E-state index >= 15 is 0 Å². The number of methoxy groups -OCH3 is 1. The molecule has 0 saturated heterocycles. The third-order valence-corrected chi connectivity index (χ3v) is 4.90. The number of benzene rings is 1. The standard InChI is InChI=1S/C16H15FN2OS2/c1-20-9-8-19-14(15-3-2-10-21-15)11-22-16(19)18-13-6-4-12(17)5-7-13/h2-7,10-11H,8-9H2,1H3. The average Bonchev–Trinajstić information content (AvgIpc) is 3.17. The molecule has 6 heteroatoms. The fraction of sp³-hybridized carbons (Fsp3) is 0.188. The van der Waals surface area contributed by atoms with Crippen LogP contribution in [0.5, 0.6) is 0 Å². The summed E-state index contributed by atoms with van der Waals surface area (Å²) in [6.45, 7) is 1.35. The SMILES string of the molecule is COCCn1c(-c2cccs2)csc1=Nc1ccc(F)cc1. The number of thiazole rings is 1. The van der Waals surface area contributed by atoms with Crippen LogP contribution in [0.25, 0.3) is 10.6 Å². The number of ether oxygens (including phenoxy) is 1. The molecule has 0 aliphatic rings. The third kappa shape index (κ3) is 3.35. The van der Waals surface area contributed by atoms with Gasteiger partial charge in [0.15, 0.2) is 4.80 Å². The average molecular weight is 334 g/mol. The van der Waals surface area contributed by atoms with Gasteiger partial charge >= 0.3 is 0 Å². The highest BCUT2D eigenvalue weighted by atomic mass is 32.1. The molecule has 0 atom stereocenters. The molecule has 114 valence electrons. The molecular weight excluding hydrogens is 319 g/mol. The predicted molar refractivity (Wildman–Crippen MR) is 89.1 cm³/mol. The summed E-state index contributed by atoms with van der Waals surface area (Å²) in [5, 5.41) is 4.16. The minimum atomic E-state index is -0.253. The fourth-order valence-electron chi connectivity index (χ4n) is 2.07. The second-order valence-electron chi connectivity index (χ2n) is 4.61. The van der Waals surface area contributed by atoms with Crippen LogP contribution >= 0.6 is 22.7 Å². The molecule has 0 spiro atoms. The summed E-state index contributed by atoms with van der Waals surface area (Å²) in [5.74, 6) is -0.253. The summed E-state index contributed by atoms with van der Waals surface area (Å²) in [6.07, 6.45) is 0. The fourth-order valence-corrected chi connectivity index (χ4v) is 3.84. The highest BCUT2D eigenvalue weighted by Crippen LogP contribution is 2.25. The van der Waals surface area contributed by atoms with Gasteiger partial charge in [0.2, 0.25) is 0 Å². The Morgan fingerprint density at radius 3 is 2.68 bits per heavy atom. The molecular formula is C16H15FN2OS2. The number of hydrogen-bond acceptors (Lipinski definition) is 4. The maximum absolute atomic E-state index is 13.0. The minimum absolute atomic E-state index is 0.253. The Morgan fingerprint density at radius 2 is 2.00 bits per heavy atom. The summed E-state index contributed by atoms with van der Waals surface area (Å²) in [6, 6.07) is 10.3. The first-order valence-electron chi connectivity index (χ1n) is 6.79. The lowest BCUT2D eigenvalue weighted by atomic mass is 10.3. The van der Waals surface area contributed by atoms with Crippen molar-refractivity contribution in [2.75, 3.05) is 13.7 Å². The Kier molecular flexibility index (Phi) is 4.82. The van der Waals surface area contributed by atoms with E-state index in [0.29, 0.717) is 6.61 Å². The monoisotopic (exact) mass is 334 g/mol. The highest BCUT2D eigenvalue weighted by molar-refractivity contribution is 7.14. The summed E-state index contributed by atoms with van der Waals surface area (Å²) in [4.78, 5) is 6.71. The van der Waals surface area contributed by atoms with Crippen LogP contribution in [-0.4, -0.2) is 18.3 Å². The van der Waals surface area contributed by atoms with Crippen molar-refractivity contribution in [3.63, 3.8) is 0 Å². The van der Waals surface area contributed by atoms with Crippen LogP contribution in [0, 0.1) is 5.82 Å². The Hall–Kier alpha value is -1.76.